The molecule has 0 fully saturated rings. The van der Waals surface area contributed by atoms with Crippen LogP contribution in [0.15, 0.2) is 22.8 Å². The summed E-state index contributed by atoms with van der Waals surface area (Å²) < 4.78 is 0.826. The van der Waals surface area contributed by atoms with Gasteiger partial charge in [0, 0.05) is 16.4 Å². The molecule has 1 atom stereocenters. The molecule has 0 aliphatic rings. The van der Waals surface area contributed by atoms with E-state index in [2.05, 4.69) is 25.9 Å². The predicted molar refractivity (Wildman–Crippen MR) is 58.4 cm³/mol. The van der Waals surface area contributed by atoms with Gasteiger partial charge in [0.05, 0.1) is 11.0 Å². The SMILES string of the molecule is NC(C(=O)O)c1cc2ncc(Br)cc2[nH]1. The normalized spacial score (nSPS) is 12.9. The minimum atomic E-state index is -1.07. The third-order valence-corrected chi connectivity index (χ3v) is 2.49. The van der Waals surface area contributed by atoms with E-state index in [9.17, 15) is 4.79 Å². The monoisotopic (exact) mass is 269 g/mol. The van der Waals surface area contributed by atoms with Gasteiger partial charge in [0.15, 0.2) is 0 Å². The molecule has 0 aromatic carbocycles. The van der Waals surface area contributed by atoms with E-state index in [0.29, 0.717) is 11.2 Å². The molecule has 4 N–H and O–H groups in total. The van der Waals surface area contributed by atoms with E-state index in [0.717, 1.165) is 9.99 Å². The molecule has 0 amide bonds. The van der Waals surface area contributed by atoms with Crippen molar-refractivity contribution in [2.24, 2.45) is 5.73 Å². The van der Waals surface area contributed by atoms with Gasteiger partial charge in [0.2, 0.25) is 0 Å². The van der Waals surface area contributed by atoms with E-state index < -0.39 is 12.0 Å². The first kappa shape index (κ1) is 10.1. The minimum absolute atomic E-state index is 0.447. The number of aliphatic carboxylic acids is 1. The summed E-state index contributed by atoms with van der Waals surface area (Å²) in [5.74, 6) is -1.07. The second-order valence-corrected chi connectivity index (χ2v) is 4.04. The molecule has 0 aliphatic heterocycles. The number of fused-ring (bicyclic) bond motifs is 1. The number of nitrogens with zero attached hydrogens (tertiary/aromatic N) is 1. The first-order valence-corrected chi connectivity index (χ1v) is 5.00. The molecule has 6 heteroatoms. The summed E-state index contributed by atoms with van der Waals surface area (Å²) in [6.45, 7) is 0. The van der Waals surface area contributed by atoms with Crippen molar-refractivity contribution in [2.45, 2.75) is 6.04 Å². The lowest BCUT2D eigenvalue weighted by molar-refractivity contribution is -0.138. The molecule has 2 aromatic heterocycles. The standard InChI is InChI=1S/C9H8BrN3O2/c10-4-1-6-5(12-3-4)2-7(13-6)8(11)9(14)15/h1-3,8,13H,11H2,(H,14,15). The molecule has 2 heterocycles. The third kappa shape index (κ3) is 1.86. The summed E-state index contributed by atoms with van der Waals surface area (Å²) in [5.41, 5.74) is 7.38. The Bertz CT molecular complexity index is 523. The first-order chi connectivity index (χ1) is 7.08. The highest BCUT2D eigenvalue weighted by Gasteiger charge is 2.16. The lowest BCUT2D eigenvalue weighted by atomic mass is 10.2. The highest BCUT2D eigenvalue weighted by atomic mass is 79.9. The van der Waals surface area contributed by atoms with Crippen LogP contribution in [-0.4, -0.2) is 21.0 Å². The first-order valence-electron chi connectivity index (χ1n) is 4.20. The van der Waals surface area contributed by atoms with Crippen LogP contribution in [0, 0.1) is 0 Å². The Morgan fingerprint density at radius 2 is 2.33 bits per heavy atom. The summed E-state index contributed by atoms with van der Waals surface area (Å²) in [4.78, 5) is 17.7. The van der Waals surface area contributed by atoms with Crippen molar-refractivity contribution in [1.82, 2.24) is 9.97 Å². The number of H-pyrrole nitrogens is 1. The molecule has 0 radical (unpaired) electrons. The van der Waals surface area contributed by atoms with Crippen LogP contribution in [0.25, 0.3) is 11.0 Å². The van der Waals surface area contributed by atoms with Gasteiger partial charge in [-0.2, -0.15) is 0 Å². The Balaban J connectivity index is 2.51. The summed E-state index contributed by atoms with van der Waals surface area (Å²) in [5, 5.41) is 8.74. The Labute approximate surface area is 93.4 Å². The Morgan fingerprint density at radius 3 is 3.00 bits per heavy atom. The second-order valence-electron chi connectivity index (χ2n) is 3.13. The number of pyridine rings is 1. The number of nitrogens with one attached hydrogen (secondary N) is 1. The number of hydrogen-bond donors (Lipinski definition) is 3. The number of aromatic nitrogens is 2. The van der Waals surface area contributed by atoms with E-state index in [4.69, 9.17) is 10.8 Å². The zero-order valence-electron chi connectivity index (χ0n) is 7.57. The summed E-state index contributed by atoms with van der Waals surface area (Å²) in [6.07, 6.45) is 1.65. The lowest BCUT2D eigenvalue weighted by Crippen LogP contribution is -2.20. The van der Waals surface area contributed by atoms with Gasteiger partial charge in [0.1, 0.15) is 6.04 Å². The molecule has 0 saturated heterocycles. The van der Waals surface area contributed by atoms with Gasteiger partial charge < -0.3 is 15.8 Å². The molecule has 0 spiro atoms. The van der Waals surface area contributed by atoms with Crippen LogP contribution < -0.4 is 5.73 Å². The van der Waals surface area contributed by atoms with Crippen LogP contribution in [-0.2, 0) is 4.79 Å². The van der Waals surface area contributed by atoms with Crippen molar-refractivity contribution < 1.29 is 9.90 Å². The highest BCUT2D eigenvalue weighted by molar-refractivity contribution is 9.10. The quantitative estimate of drug-likeness (QED) is 0.769. The van der Waals surface area contributed by atoms with E-state index in [1.165, 1.54) is 0 Å². The van der Waals surface area contributed by atoms with Crippen molar-refractivity contribution in [3.8, 4) is 0 Å². The molecular formula is C9H8BrN3O2. The van der Waals surface area contributed by atoms with Crippen LogP contribution in [0.3, 0.4) is 0 Å². The molecule has 0 aliphatic carbocycles. The van der Waals surface area contributed by atoms with Gasteiger partial charge in [-0.3, -0.25) is 9.78 Å². The smallest absolute Gasteiger partial charge is 0.326 e. The van der Waals surface area contributed by atoms with Gasteiger partial charge in [-0.25, -0.2) is 0 Å². The molecule has 78 valence electrons. The van der Waals surface area contributed by atoms with E-state index in [1.807, 2.05) is 6.07 Å². The van der Waals surface area contributed by atoms with Crippen molar-refractivity contribution in [2.75, 3.05) is 0 Å². The topological polar surface area (TPSA) is 92.0 Å². The van der Waals surface area contributed by atoms with Gasteiger partial charge in [-0.1, -0.05) is 0 Å². The molecule has 0 saturated carbocycles. The van der Waals surface area contributed by atoms with Crippen LogP contribution in [0.4, 0.5) is 0 Å². The van der Waals surface area contributed by atoms with E-state index >= 15 is 0 Å². The maximum Gasteiger partial charge on any atom is 0.326 e. The average Bonchev–Trinajstić information content (AvgIpc) is 2.58. The predicted octanol–water partition coefficient (Wildman–Crippen LogP) is 1.41. The van der Waals surface area contributed by atoms with Crippen molar-refractivity contribution >= 4 is 32.9 Å². The zero-order valence-corrected chi connectivity index (χ0v) is 9.15. The van der Waals surface area contributed by atoms with Crippen LogP contribution in [0.5, 0.6) is 0 Å². The second kappa shape index (κ2) is 3.63. The number of hydrogen-bond acceptors (Lipinski definition) is 3. The Morgan fingerprint density at radius 1 is 1.60 bits per heavy atom. The molecular weight excluding hydrogens is 262 g/mol. The highest BCUT2D eigenvalue weighted by Crippen LogP contribution is 2.20. The molecule has 2 aromatic rings. The van der Waals surface area contributed by atoms with Crippen LogP contribution in [0.2, 0.25) is 0 Å². The maximum absolute atomic E-state index is 10.7. The number of carbonyl (C=O) groups is 1. The van der Waals surface area contributed by atoms with E-state index in [1.54, 1.807) is 12.3 Å². The Hall–Kier alpha value is -1.40. The van der Waals surface area contributed by atoms with Crippen LogP contribution in [0.1, 0.15) is 11.7 Å². The molecule has 2 rings (SSSR count). The lowest BCUT2D eigenvalue weighted by Gasteiger charge is -2.01. The van der Waals surface area contributed by atoms with Gasteiger partial charge in [-0.05, 0) is 28.1 Å². The van der Waals surface area contributed by atoms with Crippen molar-refractivity contribution in [3.63, 3.8) is 0 Å². The van der Waals surface area contributed by atoms with E-state index in [-0.39, 0.29) is 0 Å². The number of rotatable bonds is 2. The maximum atomic E-state index is 10.7. The van der Waals surface area contributed by atoms with Crippen molar-refractivity contribution in [3.05, 3.63) is 28.5 Å². The molecule has 15 heavy (non-hydrogen) atoms. The fraction of sp³-hybridized carbons (Fsp3) is 0.111. The summed E-state index contributed by atoms with van der Waals surface area (Å²) in [7, 11) is 0. The number of nitrogens with two attached hydrogens (primary N) is 1. The number of aromatic amines is 1. The average molecular weight is 270 g/mol. The van der Waals surface area contributed by atoms with Gasteiger partial charge in [-0.15, -0.1) is 0 Å². The summed E-state index contributed by atoms with van der Waals surface area (Å²) in [6, 6.07) is 2.42. The van der Waals surface area contributed by atoms with Crippen molar-refractivity contribution in [1.29, 1.82) is 0 Å². The van der Waals surface area contributed by atoms with Gasteiger partial charge >= 0.3 is 5.97 Å². The fourth-order valence-corrected chi connectivity index (χ4v) is 1.64. The summed E-state index contributed by atoms with van der Waals surface area (Å²) >= 11 is 3.28. The Kier molecular flexibility index (Phi) is 2.45. The molecule has 1 unspecified atom stereocenters. The minimum Gasteiger partial charge on any atom is -0.480 e. The third-order valence-electron chi connectivity index (χ3n) is 2.06. The van der Waals surface area contributed by atoms with Crippen LogP contribution >= 0.6 is 15.9 Å². The number of carboxylic acid groups (broad SMARTS) is 1. The molecule has 0 bridgehead atoms. The largest absolute Gasteiger partial charge is 0.480 e. The number of carboxylic acids is 1. The zero-order chi connectivity index (χ0) is 11.0. The number of halogens is 1. The van der Waals surface area contributed by atoms with Gasteiger partial charge in [0.25, 0.3) is 0 Å². The fourth-order valence-electron chi connectivity index (χ4n) is 1.30. The molecule has 5 nitrogen and oxygen atoms in total.